The molecule has 0 unspecified atom stereocenters. The van der Waals surface area contributed by atoms with Crippen molar-refractivity contribution >= 4 is 39.9 Å². The third kappa shape index (κ3) is 5.88. The molecule has 0 spiro atoms. The number of piperazine rings is 1. The molecular formula is C21H33Cl2N3O3S. The van der Waals surface area contributed by atoms with E-state index in [4.69, 9.17) is 11.6 Å². The second-order valence-electron chi connectivity index (χ2n) is 8.15. The fourth-order valence-electron chi connectivity index (χ4n) is 4.63. The minimum atomic E-state index is -3.15. The summed E-state index contributed by atoms with van der Waals surface area (Å²) in [6, 6.07) is 7.09. The largest absolute Gasteiger partial charge is 0.350 e. The van der Waals surface area contributed by atoms with E-state index in [0.29, 0.717) is 49.7 Å². The predicted octanol–water partition coefficient (Wildman–Crippen LogP) is 3.55. The van der Waals surface area contributed by atoms with Crippen molar-refractivity contribution in [3.05, 3.63) is 34.9 Å². The highest BCUT2D eigenvalue weighted by Crippen LogP contribution is 2.34. The number of carbonyl (C=O) groups excluding carboxylic acids is 1. The van der Waals surface area contributed by atoms with Crippen molar-refractivity contribution < 1.29 is 13.2 Å². The van der Waals surface area contributed by atoms with Crippen LogP contribution in [-0.2, 0) is 10.0 Å². The standard InChI is InChI=1S/C21H32ClN3O3S.ClH/c1-2-16-29(27,28)25-14-12-24(13-15-25)21(10-6-3-7-11-21)17-23-20(26)18-8-4-5-9-19(18)22;/h4-5,8-9H,2-3,6-7,10-17H2,1H3,(H,23,26);1H. The first-order valence-corrected chi connectivity index (χ1v) is 12.6. The van der Waals surface area contributed by atoms with Crippen LogP contribution in [0.5, 0.6) is 0 Å². The van der Waals surface area contributed by atoms with E-state index in [1.165, 1.54) is 6.42 Å². The van der Waals surface area contributed by atoms with Crippen molar-refractivity contribution in [2.75, 3.05) is 38.5 Å². The Morgan fingerprint density at radius 1 is 1.10 bits per heavy atom. The van der Waals surface area contributed by atoms with Crippen LogP contribution in [0.3, 0.4) is 0 Å². The fraction of sp³-hybridized carbons (Fsp3) is 0.667. The number of nitrogens with zero attached hydrogens (tertiary/aromatic N) is 2. The molecule has 2 fully saturated rings. The van der Waals surface area contributed by atoms with Crippen LogP contribution in [0.15, 0.2) is 24.3 Å². The molecule has 1 saturated heterocycles. The van der Waals surface area contributed by atoms with Crippen molar-refractivity contribution in [3.8, 4) is 0 Å². The molecule has 1 saturated carbocycles. The van der Waals surface area contributed by atoms with Crippen molar-refractivity contribution in [2.45, 2.75) is 51.0 Å². The van der Waals surface area contributed by atoms with E-state index < -0.39 is 10.0 Å². The summed E-state index contributed by atoms with van der Waals surface area (Å²) in [7, 11) is -3.15. The molecule has 1 aromatic rings. The summed E-state index contributed by atoms with van der Waals surface area (Å²) in [4.78, 5) is 15.1. The summed E-state index contributed by atoms with van der Waals surface area (Å²) in [6.07, 6.45) is 6.17. The molecule has 2 aliphatic rings. The zero-order valence-corrected chi connectivity index (χ0v) is 20.0. The number of amides is 1. The molecule has 0 aromatic heterocycles. The minimum Gasteiger partial charge on any atom is -0.350 e. The second-order valence-corrected chi connectivity index (χ2v) is 10.6. The predicted molar refractivity (Wildman–Crippen MR) is 124 cm³/mol. The molecule has 1 aromatic carbocycles. The Kier molecular flexibility index (Phi) is 9.43. The van der Waals surface area contributed by atoms with E-state index in [0.717, 1.165) is 25.7 Å². The van der Waals surface area contributed by atoms with Crippen LogP contribution in [0.2, 0.25) is 5.02 Å². The molecule has 0 atom stereocenters. The van der Waals surface area contributed by atoms with Crippen molar-refractivity contribution in [1.82, 2.24) is 14.5 Å². The van der Waals surface area contributed by atoms with Gasteiger partial charge < -0.3 is 5.32 Å². The molecule has 1 aliphatic heterocycles. The lowest BCUT2D eigenvalue weighted by Crippen LogP contribution is -2.62. The van der Waals surface area contributed by atoms with Crippen LogP contribution >= 0.6 is 24.0 Å². The van der Waals surface area contributed by atoms with E-state index in [9.17, 15) is 13.2 Å². The number of sulfonamides is 1. The monoisotopic (exact) mass is 477 g/mol. The third-order valence-corrected chi connectivity index (χ3v) is 8.65. The van der Waals surface area contributed by atoms with E-state index in [2.05, 4.69) is 10.2 Å². The molecule has 0 bridgehead atoms. The Balaban J connectivity index is 0.00000320. The Bertz CT molecular complexity index is 805. The zero-order valence-electron chi connectivity index (χ0n) is 17.6. The van der Waals surface area contributed by atoms with Gasteiger partial charge in [-0.1, -0.05) is 49.9 Å². The molecule has 0 radical (unpaired) electrons. The average Bonchev–Trinajstić information content (AvgIpc) is 2.73. The molecular weight excluding hydrogens is 445 g/mol. The Hall–Kier alpha value is -0.860. The lowest BCUT2D eigenvalue weighted by atomic mass is 9.79. The van der Waals surface area contributed by atoms with E-state index in [-0.39, 0.29) is 29.6 Å². The highest BCUT2D eigenvalue weighted by Gasteiger charge is 2.40. The first-order chi connectivity index (χ1) is 13.9. The van der Waals surface area contributed by atoms with Gasteiger partial charge >= 0.3 is 0 Å². The van der Waals surface area contributed by atoms with Crippen LogP contribution < -0.4 is 5.32 Å². The number of hydrogen-bond donors (Lipinski definition) is 1. The molecule has 30 heavy (non-hydrogen) atoms. The van der Waals surface area contributed by atoms with Gasteiger partial charge in [-0.3, -0.25) is 9.69 Å². The molecule has 1 N–H and O–H groups in total. The van der Waals surface area contributed by atoms with Gasteiger partial charge in [-0.2, -0.15) is 4.31 Å². The van der Waals surface area contributed by atoms with Gasteiger partial charge in [0.05, 0.1) is 16.3 Å². The maximum Gasteiger partial charge on any atom is 0.252 e. The van der Waals surface area contributed by atoms with E-state index in [1.807, 2.05) is 19.1 Å². The highest BCUT2D eigenvalue weighted by molar-refractivity contribution is 7.89. The van der Waals surface area contributed by atoms with Gasteiger partial charge in [0.15, 0.2) is 0 Å². The van der Waals surface area contributed by atoms with Crippen LogP contribution in [-0.4, -0.2) is 67.5 Å². The van der Waals surface area contributed by atoms with Crippen LogP contribution in [0.1, 0.15) is 55.8 Å². The molecule has 170 valence electrons. The first kappa shape index (κ1) is 25.4. The molecule has 1 aliphatic carbocycles. The Labute approximate surface area is 191 Å². The summed E-state index contributed by atoms with van der Waals surface area (Å²) >= 11 is 6.17. The normalized spacial score (nSPS) is 20.3. The number of hydrogen-bond acceptors (Lipinski definition) is 4. The van der Waals surface area contributed by atoms with Crippen LogP contribution in [0, 0.1) is 0 Å². The topological polar surface area (TPSA) is 69.7 Å². The van der Waals surface area contributed by atoms with Gasteiger partial charge in [0, 0.05) is 38.3 Å². The van der Waals surface area contributed by atoms with Gasteiger partial charge in [-0.15, -0.1) is 12.4 Å². The summed E-state index contributed by atoms with van der Waals surface area (Å²) in [5.74, 6) is 0.0659. The number of carbonyl (C=O) groups is 1. The van der Waals surface area contributed by atoms with Gasteiger partial charge in [0.25, 0.3) is 5.91 Å². The van der Waals surface area contributed by atoms with Crippen molar-refractivity contribution in [2.24, 2.45) is 0 Å². The Morgan fingerprint density at radius 3 is 2.33 bits per heavy atom. The maximum atomic E-state index is 12.7. The average molecular weight is 478 g/mol. The number of benzene rings is 1. The molecule has 1 amide bonds. The van der Waals surface area contributed by atoms with Gasteiger partial charge in [-0.25, -0.2) is 8.42 Å². The summed E-state index contributed by atoms with van der Waals surface area (Å²) < 4.78 is 26.4. The lowest BCUT2D eigenvalue weighted by Gasteiger charge is -2.49. The molecule has 6 nitrogen and oxygen atoms in total. The van der Waals surface area contributed by atoms with Gasteiger partial charge in [-0.05, 0) is 31.4 Å². The third-order valence-electron chi connectivity index (χ3n) is 6.25. The number of nitrogens with one attached hydrogen (secondary N) is 1. The maximum absolute atomic E-state index is 12.7. The van der Waals surface area contributed by atoms with Crippen LogP contribution in [0.4, 0.5) is 0 Å². The quantitative estimate of drug-likeness (QED) is 0.651. The van der Waals surface area contributed by atoms with E-state index >= 15 is 0 Å². The van der Waals surface area contributed by atoms with Gasteiger partial charge in [0.2, 0.25) is 10.0 Å². The molecule has 3 rings (SSSR count). The number of rotatable bonds is 7. The summed E-state index contributed by atoms with van der Waals surface area (Å²) in [6.45, 7) is 4.95. The highest BCUT2D eigenvalue weighted by atomic mass is 35.5. The molecule has 9 heteroatoms. The van der Waals surface area contributed by atoms with Crippen molar-refractivity contribution in [3.63, 3.8) is 0 Å². The lowest BCUT2D eigenvalue weighted by molar-refractivity contribution is 0.0240. The Morgan fingerprint density at radius 2 is 1.73 bits per heavy atom. The van der Waals surface area contributed by atoms with E-state index in [1.54, 1.807) is 16.4 Å². The zero-order chi connectivity index (χ0) is 20.9. The van der Waals surface area contributed by atoms with Crippen LogP contribution in [0.25, 0.3) is 0 Å². The second kappa shape index (κ2) is 11.1. The fourth-order valence-corrected chi connectivity index (χ4v) is 6.34. The van der Waals surface area contributed by atoms with Gasteiger partial charge in [0.1, 0.15) is 0 Å². The summed E-state index contributed by atoms with van der Waals surface area (Å²) in [5.41, 5.74) is 0.395. The molecule has 1 heterocycles. The summed E-state index contributed by atoms with van der Waals surface area (Å²) in [5, 5.41) is 3.57. The van der Waals surface area contributed by atoms with Crippen molar-refractivity contribution in [1.29, 1.82) is 0 Å². The smallest absolute Gasteiger partial charge is 0.252 e. The first-order valence-electron chi connectivity index (χ1n) is 10.6. The number of halogens is 2. The SMILES string of the molecule is CCCS(=O)(=O)N1CCN(C2(CNC(=O)c3ccccc3Cl)CCCCC2)CC1.Cl. The minimum absolute atomic E-state index is 0.